The second-order valence-electron chi connectivity index (χ2n) is 5.76. The van der Waals surface area contributed by atoms with Gasteiger partial charge in [0.1, 0.15) is 0 Å². The van der Waals surface area contributed by atoms with Gasteiger partial charge in [-0.15, -0.1) is 0 Å². The van der Waals surface area contributed by atoms with Gasteiger partial charge < -0.3 is 10.7 Å². The lowest BCUT2D eigenvalue weighted by Gasteiger charge is -2.19. The molecule has 0 atom stereocenters. The van der Waals surface area contributed by atoms with Crippen molar-refractivity contribution in [2.45, 2.75) is 32.7 Å². The first-order valence-electron chi connectivity index (χ1n) is 6.45. The molecule has 0 saturated heterocycles. The van der Waals surface area contributed by atoms with Gasteiger partial charge >= 0.3 is 0 Å². The Balaban J connectivity index is 2.38. The highest BCUT2D eigenvalue weighted by atomic mass is 16.1. The number of benzene rings is 1. The highest BCUT2D eigenvalue weighted by molar-refractivity contribution is 5.59. The zero-order valence-corrected chi connectivity index (χ0v) is 11.7. The van der Waals surface area contributed by atoms with E-state index in [1.54, 1.807) is 6.07 Å². The van der Waals surface area contributed by atoms with E-state index >= 15 is 0 Å². The summed E-state index contributed by atoms with van der Waals surface area (Å²) in [6, 6.07) is 12.0. The van der Waals surface area contributed by atoms with E-state index in [1.807, 2.05) is 18.2 Å². The molecule has 1 aromatic heterocycles. The van der Waals surface area contributed by atoms with Crippen molar-refractivity contribution in [2.24, 2.45) is 5.73 Å². The van der Waals surface area contributed by atoms with Crippen molar-refractivity contribution in [1.29, 1.82) is 0 Å². The van der Waals surface area contributed by atoms with Gasteiger partial charge in [0, 0.05) is 17.8 Å². The molecule has 0 aliphatic rings. The van der Waals surface area contributed by atoms with Crippen LogP contribution in [-0.4, -0.2) is 4.98 Å². The van der Waals surface area contributed by atoms with Crippen LogP contribution in [0.4, 0.5) is 0 Å². The van der Waals surface area contributed by atoms with Crippen LogP contribution in [0.1, 0.15) is 31.9 Å². The van der Waals surface area contributed by atoms with Crippen molar-refractivity contribution in [3.63, 3.8) is 0 Å². The summed E-state index contributed by atoms with van der Waals surface area (Å²) in [6.07, 6.45) is 0. The van der Waals surface area contributed by atoms with Crippen molar-refractivity contribution >= 4 is 0 Å². The number of nitrogens with one attached hydrogen (secondary N) is 1. The summed E-state index contributed by atoms with van der Waals surface area (Å²) in [5, 5.41) is 0. The van der Waals surface area contributed by atoms with Crippen LogP contribution in [0, 0.1) is 0 Å². The van der Waals surface area contributed by atoms with Crippen molar-refractivity contribution in [1.82, 2.24) is 4.98 Å². The normalized spacial score (nSPS) is 11.6. The molecule has 3 heteroatoms. The second-order valence-corrected chi connectivity index (χ2v) is 5.76. The van der Waals surface area contributed by atoms with Gasteiger partial charge in [0.15, 0.2) is 0 Å². The van der Waals surface area contributed by atoms with E-state index < -0.39 is 0 Å². The van der Waals surface area contributed by atoms with E-state index in [9.17, 15) is 4.79 Å². The molecule has 0 saturated carbocycles. The van der Waals surface area contributed by atoms with Crippen LogP contribution < -0.4 is 11.3 Å². The summed E-state index contributed by atoms with van der Waals surface area (Å²) in [4.78, 5) is 14.6. The molecule has 2 aromatic rings. The molecule has 1 aromatic carbocycles. The molecule has 19 heavy (non-hydrogen) atoms. The fraction of sp³-hybridized carbons (Fsp3) is 0.312. The van der Waals surface area contributed by atoms with Crippen LogP contribution in [-0.2, 0) is 12.0 Å². The molecule has 0 radical (unpaired) electrons. The Kier molecular flexibility index (Phi) is 3.58. The maximum absolute atomic E-state index is 11.7. The molecule has 0 bridgehead atoms. The average Bonchev–Trinajstić information content (AvgIpc) is 2.38. The number of nitrogens with two attached hydrogens (primary N) is 1. The molecule has 0 spiro atoms. The standard InChI is InChI=1S/C16H20N2O/c1-16(2,3)13-7-4-11(5-8-13)14-9-6-12(10-17)15(19)18-14/h4-9H,10,17H2,1-3H3,(H,18,19). The molecule has 3 nitrogen and oxygen atoms in total. The Bertz CT molecular complexity index is 618. The third-order valence-electron chi connectivity index (χ3n) is 3.27. The maximum atomic E-state index is 11.7. The first-order chi connectivity index (χ1) is 8.91. The quantitative estimate of drug-likeness (QED) is 0.868. The van der Waals surface area contributed by atoms with Gasteiger partial charge in [0.2, 0.25) is 0 Å². The van der Waals surface area contributed by atoms with E-state index in [2.05, 4.69) is 37.9 Å². The van der Waals surface area contributed by atoms with Gasteiger partial charge in [-0.05, 0) is 22.6 Å². The topological polar surface area (TPSA) is 58.9 Å². The summed E-state index contributed by atoms with van der Waals surface area (Å²) in [7, 11) is 0. The van der Waals surface area contributed by atoms with Crippen molar-refractivity contribution < 1.29 is 0 Å². The fourth-order valence-corrected chi connectivity index (χ4v) is 1.98. The third-order valence-corrected chi connectivity index (χ3v) is 3.27. The second kappa shape index (κ2) is 5.02. The summed E-state index contributed by atoms with van der Waals surface area (Å²) in [6.45, 7) is 6.80. The Morgan fingerprint density at radius 2 is 1.68 bits per heavy atom. The number of hydrogen-bond donors (Lipinski definition) is 2. The molecule has 0 aliphatic heterocycles. The van der Waals surface area contributed by atoms with Gasteiger partial charge in [-0.25, -0.2) is 0 Å². The smallest absolute Gasteiger partial charge is 0.252 e. The minimum absolute atomic E-state index is 0.111. The monoisotopic (exact) mass is 256 g/mol. The van der Waals surface area contributed by atoms with Crippen molar-refractivity contribution in [2.75, 3.05) is 0 Å². The van der Waals surface area contributed by atoms with E-state index in [1.165, 1.54) is 5.56 Å². The SMILES string of the molecule is CC(C)(C)c1ccc(-c2ccc(CN)c(=O)[nH]2)cc1. The molecule has 0 unspecified atom stereocenters. The van der Waals surface area contributed by atoms with Gasteiger partial charge in [-0.3, -0.25) is 4.79 Å². The summed E-state index contributed by atoms with van der Waals surface area (Å²) in [5.74, 6) is 0. The van der Waals surface area contributed by atoms with Crippen LogP contribution in [0.5, 0.6) is 0 Å². The Morgan fingerprint density at radius 1 is 1.05 bits per heavy atom. The highest BCUT2D eigenvalue weighted by Crippen LogP contribution is 2.24. The molecule has 0 aliphatic carbocycles. The maximum Gasteiger partial charge on any atom is 0.252 e. The minimum atomic E-state index is -0.111. The largest absolute Gasteiger partial charge is 0.326 e. The van der Waals surface area contributed by atoms with Crippen LogP contribution in [0.15, 0.2) is 41.2 Å². The van der Waals surface area contributed by atoms with Gasteiger partial charge in [-0.2, -0.15) is 0 Å². The van der Waals surface area contributed by atoms with E-state index in [-0.39, 0.29) is 17.5 Å². The molecular weight excluding hydrogens is 236 g/mol. The first-order valence-corrected chi connectivity index (χ1v) is 6.45. The molecule has 100 valence electrons. The van der Waals surface area contributed by atoms with Crippen molar-refractivity contribution in [3.8, 4) is 11.3 Å². The number of pyridine rings is 1. The predicted molar refractivity (Wildman–Crippen MR) is 79.1 cm³/mol. The predicted octanol–water partition coefficient (Wildman–Crippen LogP) is 2.80. The van der Waals surface area contributed by atoms with Crippen LogP contribution >= 0.6 is 0 Å². The lowest BCUT2D eigenvalue weighted by molar-refractivity contribution is 0.590. The van der Waals surface area contributed by atoms with Crippen LogP contribution in [0.25, 0.3) is 11.3 Å². The molecule has 0 amide bonds. The summed E-state index contributed by atoms with van der Waals surface area (Å²) in [5.41, 5.74) is 9.22. The lowest BCUT2D eigenvalue weighted by atomic mass is 9.86. The molecule has 2 rings (SSSR count). The highest BCUT2D eigenvalue weighted by Gasteiger charge is 2.13. The molecule has 1 heterocycles. The minimum Gasteiger partial charge on any atom is -0.326 e. The first kappa shape index (κ1) is 13.6. The fourth-order valence-electron chi connectivity index (χ4n) is 1.98. The number of rotatable bonds is 2. The Morgan fingerprint density at radius 3 is 2.16 bits per heavy atom. The lowest BCUT2D eigenvalue weighted by Crippen LogP contribution is -2.16. The molecular formula is C16H20N2O. The summed E-state index contributed by atoms with van der Waals surface area (Å²) >= 11 is 0. The zero-order valence-electron chi connectivity index (χ0n) is 11.7. The zero-order chi connectivity index (χ0) is 14.0. The number of aromatic nitrogens is 1. The molecule has 3 N–H and O–H groups in total. The van der Waals surface area contributed by atoms with Gasteiger partial charge in [0.05, 0.1) is 0 Å². The van der Waals surface area contributed by atoms with Gasteiger partial charge in [0.25, 0.3) is 5.56 Å². The van der Waals surface area contributed by atoms with E-state index in [4.69, 9.17) is 5.73 Å². The van der Waals surface area contributed by atoms with E-state index in [0.717, 1.165) is 11.3 Å². The summed E-state index contributed by atoms with van der Waals surface area (Å²) < 4.78 is 0. The van der Waals surface area contributed by atoms with E-state index in [0.29, 0.717) is 5.56 Å². The number of aromatic amines is 1. The number of hydrogen-bond acceptors (Lipinski definition) is 2. The van der Waals surface area contributed by atoms with Crippen LogP contribution in [0.2, 0.25) is 0 Å². The number of H-pyrrole nitrogens is 1. The molecule has 0 fully saturated rings. The Labute approximate surface area is 113 Å². The van der Waals surface area contributed by atoms with Crippen LogP contribution in [0.3, 0.4) is 0 Å². The third kappa shape index (κ3) is 2.93. The van der Waals surface area contributed by atoms with Gasteiger partial charge in [-0.1, -0.05) is 51.1 Å². The average molecular weight is 256 g/mol. The Hall–Kier alpha value is -1.87. The van der Waals surface area contributed by atoms with Crippen molar-refractivity contribution in [3.05, 3.63) is 57.9 Å².